The van der Waals surface area contributed by atoms with Crippen molar-refractivity contribution >= 4 is 11.8 Å². The highest BCUT2D eigenvalue weighted by Gasteiger charge is 2.26. The van der Waals surface area contributed by atoms with Crippen LogP contribution in [-0.2, 0) is 9.59 Å². The van der Waals surface area contributed by atoms with E-state index < -0.39 is 0 Å². The van der Waals surface area contributed by atoms with Crippen LogP contribution in [0.15, 0.2) is 12.7 Å². The van der Waals surface area contributed by atoms with E-state index in [0.29, 0.717) is 13.0 Å². The highest BCUT2D eigenvalue weighted by molar-refractivity contribution is 5.88. The Hall–Kier alpha value is -1.32. The number of hydrogen-bond acceptors (Lipinski definition) is 2. The number of hydrogen-bond donors (Lipinski definition) is 1. The minimum absolute atomic E-state index is 0.0481. The minimum atomic E-state index is -0.219. The van der Waals surface area contributed by atoms with Gasteiger partial charge in [-0.05, 0) is 6.08 Å². The molecule has 1 N–H and O–H groups in total. The van der Waals surface area contributed by atoms with Gasteiger partial charge in [-0.15, -0.1) is 0 Å². The van der Waals surface area contributed by atoms with Gasteiger partial charge in [0.2, 0.25) is 11.8 Å². The SMILES string of the molecule is C=CC(=O)N[C@@H]1CC(=O)N(C)C1. The summed E-state index contributed by atoms with van der Waals surface area (Å²) in [6.07, 6.45) is 1.61. The third-order valence-corrected chi connectivity index (χ3v) is 1.87. The van der Waals surface area contributed by atoms with Crippen molar-refractivity contribution < 1.29 is 9.59 Å². The third kappa shape index (κ3) is 1.84. The lowest BCUT2D eigenvalue weighted by molar-refractivity contribution is -0.126. The first kappa shape index (κ1) is 8.77. The predicted molar refractivity (Wildman–Crippen MR) is 44.4 cm³/mol. The zero-order valence-corrected chi connectivity index (χ0v) is 7.04. The molecular weight excluding hydrogens is 156 g/mol. The molecule has 66 valence electrons. The molecule has 1 aliphatic rings. The van der Waals surface area contributed by atoms with E-state index in [2.05, 4.69) is 11.9 Å². The molecular formula is C8H12N2O2. The van der Waals surface area contributed by atoms with E-state index in [1.165, 1.54) is 6.08 Å². The van der Waals surface area contributed by atoms with Crippen LogP contribution in [0.5, 0.6) is 0 Å². The lowest BCUT2D eigenvalue weighted by Gasteiger charge is -2.10. The number of carbonyl (C=O) groups is 2. The van der Waals surface area contributed by atoms with Crippen LogP contribution >= 0.6 is 0 Å². The molecule has 0 aromatic rings. The Bertz CT molecular complexity index is 225. The summed E-state index contributed by atoms with van der Waals surface area (Å²) in [6.45, 7) is 3.93. The quantitative estimate of drug-likeness (QED) is 0.566. The molecule has 0 bridgehead atoms. The number of amides is 2. The maximum Gasteiger partial charge on any atom is 0.243 e. The Balaban J connectivity index is 2.42. The first-order valence-electron chi connectivity index (χ1n) is 3.80. The summed E-state index contributed by atoms with van der Waals surface area (Å²) in [5, 5.41) is 2.67. The zero-order chi connectivity index (χ0) is 9.14. The maximum absolute atomic E-state index is 11.0. The lowest BCUT2D eigenvalue weighted by Crippen LogP contribution is -2.35. The molecule has 0 aromatic carbocycles. The Labute approximate surface area is 71.2 Å². The standard InChI is InChI=1S/C8H12N2O2/c1-3-7(11)9-6-4-8(12)10(2)5-6/h3,6H,1,4-5H2,2H3,(H,9,11)/t6-/m1/s1. The largest absolute Gasteiger partial charge is 0.348 e. The van der Waals surface area contributed by atoms with Crippen LogP contribution < -0.4 is 5.32 Å². The average Bonchev–Trinajstić information content (AvgIpc) is 2.31. The number of carbonyl (C=O) groups excluding carboxylic acids is 2. The van der Waals surface area contributed by atoms with Crippen molar-refractivity contribution in [3.63, 3.8) is 0 Å². The number of likely N-dealkylation sites (N-methyl/N-ethyl adjacent to an activating group) is 1. The Kier molecular flexibility index (Phi) is 2.47. The molecule has 1 rings (SSSR count). The van der Waals surface area contributed by atoms with Crippen molar-refractivity contribution in [2.24, 2.45) is 0 Å². The molecule has 0 saturated carbocycles. The summed E-state index contributed by atoms with van der Waals surface area (Å²) >= 11 is 0. The van der Waals surface area contributed by atoms with Gasteiger partial charge in [0.25, 0.3) is 0 Å². The zero-order valence-electron chi connectivity index (χ0n) is 7.04. The van der Waals surface area contributed by atoms with Crippen molar-refractivity contribution in [1.29, 1.82) is 0 Å². The van der Waals surface area contributed by atoms with Gasteiger partial charge in [-0.1, -0.05) is 6.58 Å². The highest BCUT2D eigenvalue weighted by atomic mass is 16.2. The number of likely N-dealkylation sites (tertiary alicyclic amines) is 1. The Morgan fingerprint density at radius 1 is 1.83 bits per heavy atom. The molecule has 0 spiro atoms. The number of nitrogens with one attached hydrogen (secondary N) is 1. The predicted octanol–water partition coefficient (Wildman–Crippen LogP) is -0.481. The van der Waals surface area contributed by atoms with Crippen LogP contribution in [0.2, 0.25) is 0 Å². The summed E-state index contributed by atoms with van der Waals surface area (Å²) < 4.78 is 0. The van der Waals surface area contributed by atoms with Crippen molar-refractivity contribution in [2.45, 2.75) is 12.5 Å². The second-order valence-corrected chi connectivity index (χ2v) is 2.89. The van der Waals surface area contributed by atoms with Crippen molar-refractivity contribution in [2.75, 3.05) is 13.6 Å². The summed E-state index contributed by atoms with van der Waals surface area (Å²) in [6, 6.07) is -0.0481. The molecule has 0 radical (unpaired) electrons. The normalized spacial score (nSPS) is 22.6. The summed E-state index contributed by atoms with van der Waals surface area (Å²) in [5.74, 6) is -0.146. The van der Waals surface area contributed by atoms with E-state index in [9.17, 15) is 9.59 Å². The molecule has 1 fully saturated rings. The third-order valence-electron chi connectivity index (χ3n) is 1.87. The van der Waals surface area contributed by atoms with E-state index in [-0.39, 0.29) is 17.9 Å². The van der Waals surface area contributed by atoms with E-state index in [1.54, 1.807) is 11.9 Å². The molecule has 1 aliphatic heterocycles. The Morgan fingerprint density at radius 2 is 2.50 bits per heavy atom. The van der Waals surface area contributed by atoms with Gasteiger partial charge in [-0.25, -0.2) is 0 Å². The van der Waals surface area contributed by atoms with Crippen LogP contribution in [0.1, 0.15) is 6.42 Å². The van der Waals surface area contributed by atoms with E-state index in [4.69, 9.17) is 0 Å². The van der Waals surface area contributed by atoms with Crippen LogP contribution in [0, 0.1) is 0 Å². The van der Waals surface area contributed by atoms with Gasteiger partial charge in [0.05, 0.1) is 6.04 Å². The fourth-order valence-corrected chi connectivity index (χ4v) is 1.22. The van der Waals surface area contributed by atoms with Crippen LogP contribution in [0.4, 0.5) is 0 Å². The van der Waals surface area contributed by atoms with Crippen LogP contribution in [-0.4, -0.2) is 36.3 Å². The molecule has 12 heavy (non-hydrogen) atoms. The second kappa shape index (κ2) is 3.38. The van der Waals surface area contributed by atoms with Gasteiger partial charge >= 0.3 is 0 Å². The fourth-order valence-electron chi connectivity index (χ4n) is 1.22. The molecule has 1 heterocycles. The van der Waals surface area contributed by atoms with Crippen molar-refractivity contribution in [3.8, 4) is 0 Å². The first-order chi connectivity index (χ1) is 5.63. The van der Waals surface area contributed by atoms with Gasteiger partial charge in [0.1, 0.15) is 0 Å². The van der Waals surface area contributed by atoms with Gasteiger partial charge in [-0.3, -0.25) is 9.59 Å². The highest BCUT2D eigenvalue weighted by Crippen LogP contribution is 2.07. The van der Waals surface area contributed by atoms with Crippen molar-refractivity contribution in [1.82, 2.24) is 10.2 Å². The Morgan fingerprint density at radius 3 is 2.92 bits per heavy atom. The average molecular weight is 168 g/mol. The van der Waals surface area contributed by atoms with Gasteiger partial charge in [0.15, 0.2) is 0 Å². The number of rotatable bonds is 2. The molecule has 1 atom stereocenters. The smallest absolute Gasteiger partial charge is 0.243 e. The van der Waals surface area contributed by atoms with E-state index in [1.807, 2.05) is 0 Å². The molecule has 0 unspecified atom stereocenters. The lowest BCUT2D eigenvalue weighted by atomic mass is 10.2. The van der Waals surface area contributed by atoms with Crippen LogP contribution in [0.3, 0.4) is 0 Å². The molecule has 2 amide bonds. The molecule has 4 nitrogen and oxygen atoms in total. The fraction of sp³-hybridized carbons (Fsp3) is 0.500. The second-order valence-electron chi connectivity index (χ2n) is 2.89. The van der Waals surface area contributed by atoms with Gasteiger partial charge in [-0.2, -0.15) is 0 Å². The van der Waals surface area contributed by atoms with Gasteiger partial charge < -0.3 is 10.2 Å². The first-order valence-corrected chi connectivity index (χ1v) is 3.80. The summed E-state index contributed by atoms with van der Waals surface area (Å²) in [5.41, 5.74) is 0. The van der Waals surface area contributed by atoms with Gasteiger partial charge in [0, 0.05) is 20.0 Å². The maximum atomic E-state index is 11.0. The van der Waals surface area contributed by atoms with E-state index in [0.717, 1.165) is 0 Å². The molecule has 1 saturated heterocycles. The molecule has 0 aliphatic carbocycles. The summed E-state index contributed by atoms with van der Waals surface area (Å²) in [7, 11) is 1.72. The van der Waals surface area contributed by atoms with Crippen molar-refractivity contribution in [3.05, 3.63) is 12.7 Å². The minimum Gasteiger partial charge on any atom is -0.348 e. The monoisotopic (exact) mass is 168 g/mol. The summed E-state index contributed by atoms with van der Waals surface area (Å²) in [4.78, 5) is 23.4. The van der Waals surface area contributed by atoms with Crippen LogP contribution in [0.25, 0.3) is 0 Å². The molecule has 0 aromatic heterocycles. The number of nitrogens with zero attached hydrogens (tertiary/aromatic N) is 1. The van der Waals surface area contributed by atoms with E-state index >= 15 is 0 Å². The topological polar surface area (TPSA) is 49.4 Å². The molecule has 4 heteroatoms.